The lowest BCUT2D eigenvalue weighted by molar-refractivity contribution is -0.113. The third-order valence-electron chi connectivity index (χ3n) is 5.43. The summed E-state index contributed by atoms with van der Waals surface area (Å²) in [6.07, 6.45) is 5.75. The lowest BCUT2D eigenvalue weighted by atomic mass is 10.00. The molecular formula is C24H14N4O3. The highest BCUT2D eigenvalue weighted by Crippen LogP contribution is 2.33. The van der Waals surface area contributed by atoms with Crippen LogP contribution in [0.25, 0.3) is 44.4 Å². The Kier molecular flexibility index (Phi) is 3.49. The van der Waals surface area contributed by atoms with E-state index in [4.69, 9.17) is 10.1 Å². The fraction of sp³-hybridized carbons (Fsp3) is 0. The van der Waals surface area contributed by atoms with E-state index in [0.29, 0.717) is 22.3 Å². The zero-order valence-corrected chi connectivity index (χ0v) is 16.0. The molecule has 6 rings (SSSR count). The van der Waals surface area contributed by atoms with E-state index >= 15 is 0 Å². The standard InChI is InChI=1S/C24H14N4O3/c29-19-10-9-13(12-20(19)30)11-18-23(31)26-24-25-21-16-7-3-1-5-14(16)15-6-2-4-8-17(15)22(21)27-28(18)24/h1-12,30-31H/b13-11-. The SMILES string of the molecule is O=C1C=C/C(=C/c2c(O)nc3nc4c5ccccc5c5ccccc5c4nn23)C=C1O. The van der Waals surface area contributed by atoms with Crippen LogP contribution in [0.1, 0.15) is 5.69 Å². The van der Waals surface area contributed by atoms with Gasteiger partial charge in [0.1, 0.15) is 16.7 Å². The van der Waals surface area contributed by atoms with E-state index in [2.05, 4.69) is 17.1 Å². The molecule has 2 heterocycles. The molecule has 5 aromatic rings. The summed E-state index contributed by atoms with van der Waals surface area (Å²) >= 11 is 0. The molecule has 7 nitrogen and oxygen atoms in total. The maximum Gasteiger partial charge on any atom is 0.255 e. The summed E-state index contributed by atoms with van der Waals surface area (Å²) in [5.74, 6) is -0.823. The fourth-order valence-corrected chi connectivity index (χ4v) is 4.00. The van der Waals surface area contributed by atoms with E-state index in [0.717, 1.165) is 21.5 Å². The number of ketones is 1. The van der Waals surface area contributed by atoms with Crippen LogP contribution in [0.4, 0.5) is 0 Å². The number of hydrogen-bond donors (Lipinski definition) is 2. The highest BCUT2D eigenvalue weighted by Gasteiger charge is 2.18. The topological polar surface area (TPSA) is 101 Å². The predicted octanol–water partition coefficient (Wildman–Crippen LogP) is 4.25. The van der Waals surface area contributed by atoms with Crippen molar-refractivity contribution < 1.29 is 15.0 Å². The Morgan fingerprint density at radius 1 is 0.806 bits per heavy atom. The second-order valence-electron chi connectivity index (χ2n) is 7.30. The van der Waals surface area contributed by atoms with Gasteiger partial charge in [-0.2, -0.15) is 14.6 Å². The maximum absolute atomic E-state index is 11.5. The summed E-state index contributed by atoms with van der Waals surface area (Å²) in [6.45, 7) is 0. The van der Waals surface area contributed by atoms with Gasteiger partial charge in [-0.1, -0.05) is 54.6 Å². The number of aromatic nitrogens is 4. The first-order chi connectivity index (χ1) is 15.1. The smallest absolute Gasteiger partial charge is 0.255 e. The number of fused-ring (bicyclic) bond motifs is 7. The van der Waals surface area contributed by atoms with Crippen LogP contribution in [0, 0.1) is 0 Å². The summed E-state index contributed by atoms with van der Waals surface area (Å²) in [4.78, 5) is 20.4. The summed E-state index contributed by atoms with van der Waals surface area (Å²) < 4.78 is 1.47. The minimum absolute atomic E-state index is 0.241. The Morgan fingerprint density at radius 3 is 2.13 bits per heavy atom. The van der Waals surface area contributed by atoms with Crippen LogP contribution in [-0.2, 0) is 4.79 Å². The van der Waals surface area contributed by atoms with Gasteiger partial charge in [-0.3, -0.25) is 4.79 Å². The van der Waals surface area contributed by atoms with Gasteiger partial charge >= 0.3 is 0 Å². The molecule has 0 radical (unpaired) electrons. The lowest BCUT2D eigenvalue weighted by Gasteiger charge is -2.09. The monoisotopic (exact) mass is 406 g/mol. The Morgan fingerprint density at radius 2 is 1.45 bits per heavy atom. The number of aliphatic hydroxyl groups is 1. The van der Waals surface area contributed by atoms with E-state index < -0.39 is 5.78 Å². The van der Waals surface area contributed by atoms with Gasteiger partial charge in [-0.05, 0) is 34.6 Å². The molecule has 2 N–H and O–H groups in total. The molecule has 2 aromatic heterocycles. The van der Waals surface area contributed by atoms with E-state index in [-0.39, 0.29) is 17.4 Å². The molecule has 0 amide bonds. The molecular weight excluding hydrogens is 392 g/mol. The first-order valence-corrected chi connectivity index (χ1v) is 9.64. The second-order valence-corrected chi connectivity index (χ2v) is 7.30. The molecule has 0 saturated heterocycles. The number of aromatic hydroxyl groups is 1. The Bertz CT molecular complexity index is 1680. The molecule has 0 aliphatic heterocycles. The van der Waals surface area contributed by atoms with Crippen LogP contribution in [-0.4, -0.2) is 35.6 Å². The first kappa shape index (κ1) is 17.3. The number of aliphatic hydroxyl groups excluding tert-OH is 1. The van der Waals surface area contributed by atoms with Crippen LogP contribution < -0.4 is 0 Å². The number of nitrogens with zero attached hydrogens (tertiary/aromatic N) is 4. The van der Waals surface area contributed by atoms with Gasteiger partial charge in [-0.15, -0.1) is 0 Å². The molecule has 148 valence electrons. The number of hydrogen-bond acceptors (Lipinski definition) is 6. The van der Waals surface area contributed by atoms with Gasteiger partial charge in [0.25, 0.3) is 5.78 Å². The van der Waals surface area contributed by atoms with E-state index in [9.17, 15) is 15.0 Å². The first-order valence-electron chi connectivity index (χ1n) is 9.64. The zero-order chi connectivity index (χ0) is 21.1. The van der Waals surface area contributed by atoms with Crippen molar-refractivity contribution in [1.29, 1.82) is 0 Å². The normalized spacial score (nSPS) is 15.5. The molecule has 1 aliphatic rings. The third-order valence-corrected chi connectivity index (χ3v) is 5.43. The van der Waals surface area contributed by atoms with Crippen LogP contribution >= 0.6 is 0 Å². The van der Waals surface area contributed by atoms with Crippen LogP contribution in [0.2, 0.25) is 0 Å². The summed E-state index contributed by atoms with van der Waals surface area (Å²) in [6, 6.07) is 16.0. The summed E-state index contributed by atoms with van der Waals surface area (Å²) in [5.41, 5.74) is 2.22. The van der Waals surface area contributed by atoms with Crippen LogP contribution in [0.3, 0.4) is 0 Å². The summed E-state index contributed by atoms with van der Waals surface area (Å²) in [5, 5.41) is 29.0. The van der Waals surface area contributed by atoms with Crippen molar-refractivity contribution in [2.24, 2.45) is 0 Å². The maximum atomic E-state index is 11.5. The van der Waals surface area contributed by atoms with Crippen molar-refractivity contribution in [3.63, 3.8) is 0 Å². The Labute approximate surface area is 174 Å². The molecule has 0 bridgehead atoms. The zero-order valence-electron chi connectivity index (χ0n) is 16.0. The molecule has 7 heteroatoms. The number of allylic oxidation sites excluding steroid dienone is 4. The number of rotatable bonds is 1. The minimum atomic E-state index is -0.469. The van der Waals surface area contributed by atoms with Gasteiger partial charge in [0, 0.05) is 10.8 Å². The predicted molar refractivity (Wildman–Crippen MR) is 118 cm³/mol. The molecule has 0 spiro atoms. The Hall–Kier alpha value is -4.52. The highest BCUT2D eigenvalue weighted by molar-refractivity contribution is 6.23. The van der Waals surface area contributed by atoms with Gasteiger partial charge in [-0.25, -0.2) is 4.98 Å². The third kappa shape index (κ3) is 2.53. The lowest BCUT2D eigenvalue weighted by Crippen LogP contribution is -2.02. The largest absolute Gasteiger partial charge is 0.504 e. The average molecular weight is 406 g/mol. The van der Waals surface area contributed by atoms with E-state index in [1.54, 1.807) is 12.2 Å². The van der Waals surface area contributed by atoms with E-state index in [1.165, 1.54) is 16.7 Å². The highest BCUT2D eigenvalue weighted by atomic mass is 16.3. The van der Waals surface area contributed by atoms with Crippen molar-refractivity contribution in [2.45, 2.75) is 0 Å². The van der Waals surface area contributed by atoms with Crippen molar-refractivity contribution in [2.75, 3.05) is 0 Å². The van der Waals surface area contributed by atoms with Crippen LogP contribution in [0.15, 0.2) is 78.1 Å². The number of benzene rings is 3. The molecule has 0 unspecified atom stereocenters. The van der Waals surface area contributed by atoms with Gasteiger partial charge < -0.3 is 10.2 Å². The number of imidazole rings is 1. The van der Waals surface area contributed by atoms with E-state index in [1.807, 2.05) is 36.4 Å². The van der Waals surface area contributed by atoms with Crippen molar-refractivity contribution in [1.82, 2.24) is 19.6 Å². The minimum Gasteiger partial charge on any atom is -0.504 e. The van der Waals surface area contributed by atoms with Gasteiger partial charge in [0.15, 0.2) is 5.76 Å². The van der Waals surface area contributed by atoms with Gasteiger partial charge in [0.05, 0.1) is 0 Å². The molecule has 0 atom stereocenters. The van der Waals surface area contributed by atoms with Crippen LogP contribution in [0.5, 0.6) is 5.88 Å². The number of carbonyl (C=O) groups excluding carboxylic acids is 1. The number of carbonyl (C=O) groups is 1. The van der Waals surface area contributed by atoms with Crippen molar-refractivity contribution in [3.8, 4) is 5.88 Å². The molecule has 1 aliphatic carbocycles. The van der Waals surface area contributed by atoms with Gasteiger partial charge in [0.2, 0.25) is 11.7 Å². The summed E-state index contributed by atoms with van der Waals surface area (Å²) in [7, 11) is 0. The molecule has 0 fully saturated rings. The molecule has 31 heavy (non-hydrogen) atoms. The average Bonchev–Trinajstić information content (AvgIpc) is 3.09. The molecule has 0 saturated carbocycles. The fourth-order valence-electron chi connectivity index (χ4n) is 4.00. The van der Waals surface area contributed by atoms with Crippen molar-refractivity contribution in [3.05, 3.63) is 83.8 Å². The quantitative estimate of drug-likeness (QED) is 0.404. The second kappa shape index (κ2) is 6.24. The Balaban J connectivity index is 1.71. The molecule has 3 aromatic carbocycles. The van der Waals surface area contributed by atoms with Crippen molar-refractivity contribution >= 4 is 50.2 Å².